The van der Waals surface area contributed by atoms with Crippen molar-refractivity contribution in [1.29, 1.82) is 0 Å². The average molecular weight is 389 g/mol. The lowest BCUT2D eigenvalue weighted by Crippen LogP contribution is -2.15. The third-order valence-electron chi connectivity index (χ3n) is 5.11. The van der Waals surface area contributed by atoms with Gasteiger partial charge in [0.2, 0.25) is 0 Å². The van der Waals surface area contributed by atoms with Gasteiger partial charge in [-0.1, -0.05) is 48.5 Å². The van der Waals surface area contributed by atoms with Gasteiger partial charge in [-0.3, -0.25) is 0 Å². The Kier molecular flexibility index (Phi) is 4.68. The average Bonchev–Trinajstić information content (AvgIpc) is 3.05. The van der Waals surface area contributed by atoms with Crippen LogP contribution in [-0.4, -0.2) is 30.8 Å². The largest absolute Gasteiger partial charge is 0.495 e. The van der Waals surface area contributed by atoms with Crippen molar-refractivity contribution in [2.75, 3.05) is 19.5 Å². The molecule has 0 bridgehead atoms. The van der Waals surface area contributed by atoms with Crippen LogP contribution in [0.1, 0.15) is 37.8 Å². The first-order valence-corrected chi connectivity index (χ1v) is 9.07. The Balaban J connectivity index is 1.64. The Morgan fingerprint density at radius 2 is 1.52 bits per heavy atom. The van der Waals surface area contributed by atoms with E-state index in [1.807, 2.05) is 36.4 Å². The van der Waals surface area contributed by atoms with Crippen molar-refractivity contribution in [3.63, 3.8) is 0 Å². The predicted molar refractivity (Wildman–Crippen MR) is 108 cm³/mol. The number of fused-ring (bicyclic) bond motifs is 3. The number of benzene rings is 3. The Morgan fingerprint density at radius 1 is 0.966 bits per heavy atom. The Morgan fingerprint density at radius 3 is 2.07 bits per heavy atom. The van der Waals surface area contributed by atoms with Gasteiger partial charge in [0.1, 0.15) is 23.5 Å². The smallest absolute Gasteiger partial charge is 0.342 e. The minimum Gasteiger partial charge on any atom is -0.495 e. The van der Waals surface area contributed by atoms with E-state index in [2.05, 4.69) is 12.1 Å². The monoisotopic (exact) mass is 389 g/mol. The van der Waals surface area contributed by atoms with Crippen LogP contribution in [0.25, 0.3) is 11.1 Å². The van der Waals surface area contributed by atoms with Gasteiger partial charge in [-0.05, 0) is 34.4 Å². The van der Waals surface area contributed by atoms with Crippen molar-refractivity contribution in [3.05, 3.63) is 82.9 Å². The quantitative estimate of drug-likeness (QED) is 0.506. The van der Waals surface area contributed by atoms with Crippen LogP contribution < -0.4 is 10.5 Å². The lowest BCUT2D eigenvalue weighted by molar-refractivity contribution is 0.0490. The van der Waals surface area contributed by atoms with E-state index in [4.69, 9.17) is 15.2 Å². The van der Waals surface area contributed by atoms with E-state index in [-0.39, 0.29) is 35.1 Å². The summed E-state index contributed by atoms with van der Waals surface area (Å²) in [6, 6.07) is 18.6. The fourth-order valence-electron chi connectivity index (χ4n) is 3.86. The zero-order valence-electron chi connectivity index (χ0n) is 15.7. The molecule has 1 aliphatic carbocycles. The number of methoxy groups -OCH3 is 1. The van der Waals surface area contributed by atoms with Crippen LogP contribution in [0.15, 0.2) is 60.7 Å². The van der Waals surface area contributed by atoms with Gasteiger partial charge in [-0.15, -0.1) is 0 Å². The first-order valence-electron chi connectivity index (χ1n) is 9.07. The highest BCUT2D eigenvalue weighted by atomic mass is 16.5. The van der Waals surface area contributed by atoms with Crippen LogP contribution in [-0.2, 0) is 4.74 Å². The molecule has 6 nitrogen and oxygen atoms in total. The molecule has 146 valence electrons. The molecule has 3 aromatic carbocycles. The topological polar surface area (TPSA) is 98.9 Å². The van der Waals surface area contributed by atoms with Gasteiger partial charge in [0.25, 0.3) is 0 Å². The maximum Gasteiger partial charge on any atom is 0.342 e. The van der Waals surface area contributed by atoms with Crippen LogP contribution in [0.2, 0.25) is 0 Å². The van der Waals surface area contributed by atoms with Gasteiger partial charge in [-0.2, -0.15) is 0 Å². The second kappa shape index (κ2) is 7.31. The van der Waals surface area contributed by atoms with Crippen molar-refractivity contribution in [2.24, 2.45) is 0 Å². The van der Waals surface area contributed by atoms with E-state index in [1.54, 1.807) is 0 Å². The minimum absolute atomic E-state index is 0.00975. The summed E-state index contributed by atoms with van der Waals surface area (Å²) in [7, 11) is 1.30. The summed E-state index contributed by atoms with van der Waals surface area (Å²) in [5.41, 5.74) is 10.2. The molecule has 0 unspecified atom stereocenters. The maximum atomic E-state index is 12.8. The molecule has 0 saturated carbocycles. The molecule has 0 aliphatic heterocycles. The van der Waals surface area contributed by atoms with Crippen molar-refractivity contribution >= 4 is 17.6 Å². The number of ether oxygens (including phenoxy) is 2. The molecule has 3 aromatic rings. The fourth-order valence-corrected chi connectivity index (χ4v) is 3.86. The molecule has 0 aromatic heterocycles. The third-order valence-corrected chi connectivity index (χ3v) is 5.11. The summed E-state index contributed by atoms with van der Waals surface area (Å²) in [6.45, 7) is 0.118. The van der Waals surface area contributed by atoms with E-state index in [1.165, 1.54) is 19.2 Å². The molecule has 0 saturated heterocycles. The summed E-state index contributed by atoms with van der Waals surface area (Å²) >= 11 is 0. The van der Waals surface area contributed by atoms with Gasteiger partial charge in [0.05, 0.1) is 7.11 Å². The molecule has 6 heteroatoms. The number of anilines is 1. The summed E-state index contributed by atoms with van der Waals surface area (Å²) in [5, 5.41) is 9.36. The van der Waals surface area contributed by atoms with E-state index in [0.717, 1.165) is 22.3 Å². The molecule has 0 amide bonds. The highest BCUT2D eigenvalue weighted by Gasteiger charge is 2.30. The van der Waals surface area contributed by atoms with Crippen molar-refractivity contribution in [2.45, 2.75) is 5.92 Å². The highest BCUT2D eigenvalue weighted by molar-refractivity contribution is 6.01. The zero-order valence-corrected chi connectivity index (χ0v) is 15.7. The fraction of sp³-hybridized carbons (Fsp3) is 0.130. The van der Waals surface area contributed by atoms with Crippen LogP contribution in [0, 0.1) is 0 Å². The highest BCUT2D eigenvalue weighted by Crippen LogP contribution is 2.44. The second-order valence-electron chi connectivity index (χ2n) is 6.78. The molecule has 29 heavy (non-hydrogen) atoms. The lowest BCUT2D eigenvalue weighted by Gasteiger charge is -2.16. The molecule has 4 rings (SSSR count). The molecule has 0 spiro atoms. The standard InChI is InChI=1S/C23H19NO5/c1-28-21-18(22(25)26)10-13(24)11-19(21)23(27)29-12-20-16-8-4-2-6-14(16)15-7-3-5-9-17(15)20/h2-11,20H,12,24H2,1H3,(H,25,26). The van der Waals surface area contributed by atoms with Crippen LogP contribution >= 0.6 is 0 Å². The van der Waals surface area contributed by atoms with E-state index in [9.17, 15) is 14.7 Å². The number of nitrogens with two attached hydrogens (primary N) is 1. The summed E-state index contributed by atoms with van der Waals surface area (Å²) in [6.07, 6.45) is 0. The number of nitrogen functional groups attached to an aromatic ring is 1. The van der Waals surface area contributed by atoms with Crippen LogP contribution in [0.3, 0.4) is 0 Å². The maximum absolute atomic E-state index is 12.8. The number of rotatable bonds is 5. The number of aromatic carboxylic acids is 1. The van der Waals surface area contributed by atoms with Gasteiger partial charge in [-0.25, -0.2) is 9.59 Å². The van der Waals surface area contributed by atoms with Crippen molar-refractivity contribution < 1.29 is 24.2 Å². The number of hydrogen-bond donors (Lipinski definition) is 2. The van der Waals surface area contributed by atoms with E-state index < -0.39 is 11.9 Å². The molecular formula is C23H19NO5. The number of carbonyl (C=O) groups is 2. The van der Waals surface area contributed by atoms with Gasteiger partial charge < -0.3 is 20.3 Å². The predicted octanol–water partition coefficient (Wildman–Crippen LogP) is 3.94. The molecular weight excluding hydrogens is 370 g/mol. The normalized spacial score (nSPS) is 12.2. The number of carboxylic acid groups (broad SMARTS) is 1. The number of hydrogen-bond acceptors (Lipinski definition) is 5. The molecule has 0 atom stereocenters. The van der Waals surface area contributed by atoms with Crippen LogP contribution in [0.5, 0.6) is 5.75 Å². The molecule has 0 heterocycles. The minimum atomic E-state index is -1.23. The number of carboxylic acids is 1. The first-order chi connectivity index (χ1) is 14.0. The Hall–Kier alpha value is -3.80. The van der Waals surface area contributed by atoms with Crippen molar-refractivity contribution in [3.8, 4) is 16.9 Å². The SMILES string of the molecule is COc1c(C(=O)O)cc(N)cc1C(=O)OCC1c2ccccc2-c2ccccc21. The van der Waals surface area contributed by atoms with Crippen LogP contribution in [0.4, 0.5) is 5.69 Å². The Bertz CT molecular complexity index is 1080. The van der Waals surface area contributed by atoms with E-state index >= 15 is 0 Å². The summed E-state index contributed by atoms with van der Waals surface area (Å²) in [5.74, 6) is -2.08. The Labute approximate surface area is 167 Å². The van der Waals surface area contributed by atoms with Crippen molar-refractivity contribution in [1.82, 2.24) is 0 Å². The molecule has 0 fully saturated rings. The first kappa shape index (κ1) is 18.6. The van der Waals surface area contributed by atoms with Gasteiger partial charge in [0, 0.05) is 11.6 Å². The summed E-state index contributed by atoms with van der Waals surface area (Å²) in [4.78, 5) is 24.2. The zero-order chi connectivity index (χ0) is 20.5. The van der Waals surface area contributed by atoms with Gasteiger partial charge >= 0.3 is 11.9 Å². The second-order valence-corrected chi connectivity index (χ2v) is 6.78. The lowest BCUT2D eigenvalue weighted by atomic mass is 9.98. The molecule has 3 N–H and O–H groups in total. The number of carbonyl (C=O) groups excluding carboxylic acids is 1. The summed E-state index contributed by atoms with van der Waals surface area (Å²) < 4.78 is 10.8. The molecule has 1 aliphatic rings. The van der Waals surface area contributed by atoms with Gasteiger partial charge in [0.15, 0.2) is 0 Å². The molecule has 0 radical (unpaired) electrons. The van der Waals surface area contributed by atoms with E-state index in [0.29, 0.717) is 0 Å². The third kappa shape index (κ3) is 3.18. The number of esters is 1.